The van der Waals surface area contributed by atoms with Gasteiger partial charge in [0.05, 0.1) is 11.2 Å². The molecule has 0 heterocycles. The smallest absolute Gasteiger partial charge is 0.0801 e. The minimum Gasteiger partial charge on any atom is -0.390 e. The summed E-state index contributed by atoms with van der Waals surface area (Å²) in [5.41, 5.74) is -1.15. The van der Waals surface area contributed by atoms with Crippen LogP contribution in [0.15, 0.2) is 12.7 Å². The van der Waals surface area contributed by atoms with Crippen LogP contribution in [-0.4, -0.2) is 21.4 Å². The van der Waals surface area contributed by atoms with Gasteiger partial charge in [0.1, 0.15) is 0 Å². The van der Waals surface area contributed by atoms with Gasteiger partial charge in [0.25, 0.3) is 0 Å². The fraction of sp³-hybridized carbons (Fsp3) is 0.895. The van der Waals surface area contributed by atoms with Crippen molar-refractivity contribution in [2.45, 2.75) is 84.3 Å². The van der Waals surface area contributed by atoms with E-state index in [2.05, 4.69) is 27.4 Å². The van der Waals surface area contributed by atoms with Crippen molar-refractivity contribution in [3.8, 4) is 0 Å². The molecule has 2 N–H and O–H groups in total. The molecule has 0 aromatic heterocycles. The van der Waals surface area contributed by atoms with Crippen LogP contribution in [0.4, 0.5) is 0 Å². The summed E-state index contributed by atoms with van der Waals surface area (Å²) in [6, 6.07) is 0. The van der Waals surface area contributed by atoms with E-state index in [0.717, 1.165) is 19.3 Å². The van der Waals surface area contributed by atoms with E-state index in [9.17, 15) is 10.2 Å². The standard InChI is InChI=1S/C19H34O2/c1-7-17(4,20)13-15-18(5)11-8-10-16(2,3)14(18)9-12-19(15,6)21/h7,14-15,20-21H,1,8-13H2,2-6H3/t14-,15-,17+,18-,19+/m0/s1. The van der Waals surface area contributed by atoms with Crippen LogP contribution < -0.4 is 0 Å². The van der Waals surface area contributed by atoms with Crippen molar-refractivity contribution in [2.24, 2.45) is 22.7 Å². The highest BCUT2D eigenvalue weighted by Gasteiger charge is 2.58. The average Bonchev–Trinajstić information content (AvgIpc) is 2.33. The molecule has 2 aliphatic rings. The Morgan fingerprint density at radius 3 is 2.38 bits per heavy atom. The van der Waals surface area contributed by atoms with Crippen LogP contribution in [0.2, 0.25) is 0 Å². The molecular weight excluding hydrogens is 260 g/mol. The van der Waals surface area contributed by atoms with Crippen LogP contribution in [0.5, 0.6) is 0 Å². The summed E-state index contributed by atoms with van der Waals surface area (Å²) in [5, 5.41) is 21.5. The van der Waals surface area contributed by atoms with Gasteiger partial charge >= 0.3 is 0 Å². The van der Waals surface area contributed by atoms with Crippen molar-refractivity contribution in [3.63, 3.8) is 0 Å². The Labute approximate surface area is 130 Å². The predicted octanol–water partition coefficient (Wildman–Crippen LogP) is 4.31. The van der Waals surface area contributed by atoms with Crippen LogP contribution in [0.3, 0.4) is 0 Å². The number of fused-ring (bicyclic) bond motifs is 1. The van der Waals surface area contributed by atoms with Gasteiger partial charge in [0.15, 0.2) is 0 Å². The zero-order chi connectivity index (χ0) is 16.1. The molecule has 0 spiro atoms. The third-order valence-electron chi connectivity index (χ3n) is 6.82. The van der Waals surface area contributed by atoms with Crippen molar-refractivity contribution in [2.75, 3.05) is 0 Å². The minimum atomic E-state index is -0.902. The van der Waals surface area contributed by atoms with Crippen molar-refractivity contribution < 1.29 is 10.2 Å². The molecule has 2 fully saturated rings. The lowest BCUT2D eigenvalue weighted by atomic mass is 9.44. The number of rotatable bonds is 3. The maximum atomic E-state index is 11.0. The van der Waals surface area contributed by atoms with E-state index in [1.165, 1.54) is 12.8 Å². The van der Waals surface area contributed by atoms with Gasteiger partial charge in [-0.25, -0.2) is 0 Å². The van der Waals surface area contributed by atoms with Crippen molar-refractivity contribution in [1.29, 1.82) is 0 Å². The molecular formula is C19H34O2. The molecule has 2 aliphatic carbocycles. The van der Waals surface area contributed by atoms with E-state index >= 15 is 0 Å². The lowest BCUT2D eigenvalue weighted by Crippen LogP contribution is -2.58. The second kappa shape index (κ2) is 5.09. The van der Waals surface area contributed by atoms with E-state index in [4.69, 9.17) is 0 Å². The molecule has 0 radical (unpaired) electrons. The van der Waals surface area contributed by atoms with Crippen LogP contribution in [0.25, 0.3) is 0 Å². The quantitative estimate of drug-likeness (QED) is 0.762. The first kappa shape index (κ1) is 17.0. The fourth-order valence-electron chi connectivity index (χ4n) is 5.57. The highest BCUT2D eigenvalue weighted by Crippen LogP contribution is 2.63. The van der Waals surface area contributed by atoms with E-state index in [-0.39, 0.29) is 11.3 Å². The zero-order valence-corrected chi connectivity index (χ0v) is 14.6. The molecule has 0 amide bonds. The van der Waals surface area contributed by atoms with E-state index in [0.29, 0.717) is 17.8 Å². The molecule has 122 valence electrons. The SMILES string of the molecule is C=C[C@@](C)(O)C[C@H]1[C@@]2(C)CCCC(C)(C)[C@@H]2CC[C@@]1(C)O. The van der Waals surface area contributed by atoms with Gasteiger partial charge < -0.3 is 10.2 Å². The van der Waals surface area contributed by atoms with Gasteiger partial charge in [-0.2, -0.15) is 0 Å². The first-order valence-corrected chi connectivity index (χ1v) is 8.53. The number of hydrogen-bond donors (Lipinski definition) is 2. The molecule has 2 saturated carbocycles. The van der Waals surface area contributed by atoms with Crippen molar-refractivity contribution in [1.82, 2.24) is 0 Å². The molecule has 0 unspecified atom stereocenters. The van der Waals surface area contributed by atoms with Gasteiger partial charge in [0.2, 0.25) is 0 Å². The summed E-state index contributed by atoms with van der Waals surface area (Å²) in [6.07, 6.45) is 7.84. The molecule has 0 aromatic rings. The Morgan fingerprint density at radius 2 is 1.81 bits per heavy atom. The van der Waals surface area contributed by atoms with Gasteiger partial charge in [0, 0.05) is 0 Å². The largest absolute Gasteiger partial charge is 0.390 e. The topological polar surface area (TPSA) is 40.5 Å². The summed E-state index contributed by atoms with van der Waals surface area (Å²) in [6.45, 7) is 14.7. The van der Waals surface area contributed by atoms with Crippen LogP contribution in [0.1, 0.15) is 73.1 Å². The van der Waals surface area contributed by atoms with Crippen LogP contribution >= 0.6 is 0 Å². The zero-order valence-electron chi connectivity index (χ0n) is 14.6. The monoisotopic (exact) mass is 294 g/mol. The number of hydrogen-bond acceptors (Lipinski definition) is 2. The molecule has 2 heteroatoms. The Morgan fingerprint density at radius 1 is 1.19 bits per heavy atom. The lowest BCUT2D eigenvalue weighted by molar-refractivity contribution is -0.180. The molecule has 5 atom stereocenters. The maximum absolute atomic E-state index is 11.0. The number of aliphatic hydroxyl groups is 2. The molecule has 0 saturated heterocycles. The van der Waals surface area contributed by atoms with E-state index in [1.807, 2.05) is 13.8 Å². The third-order valence-corrected chi connectivity index (χ3v) is 6.82. The highest BCUT2D eigenvalue weighted by molar-refractivity contribution is 5.10. The van der Waals surface area contributed by atoms with Crippen LogP contribution in [-0.2, 0) is 0 Å². The Kier molecular flexibility index (Phi) is 4.13. The van der Waals surface area contributed by atoms with Gasteiger partial charge in [-0.15, -0.1) is 6.58 Å². The molecule has 2 nitrogen and oxygen atoms in total. The van der Waals surface area contributed by atoms with Gasteiger partial charge in [-0.3, -0.25) is 0 Å². The van der Waals surface area contributed by atoms with Crippen molar-refractivity contribution >= 4 is 0 Å². The summed E-state index contributed by atoms with van der Waals surface area (Å²) in [7, 11) is 0. The molecule has 0 aromatic carbocycles. The summed E-state index contributed by atoms with van der Waals surface area (Å²) >= 11 is 0. The first-order valence-electron chi connectivity index (χ1n) is 8.53. The molecule has 0 aliphatic heterocycles. The Balaban J connectivity index is 2.39. The summed E-state index contributed by atoms with van der Waals surface area (Å²) < 4.78 is 0. The van der Waals surface area contributed by atoms with E-state index < -0.39 is 11.2 Å². The molecule has 2 rings (SSSR count). The average molecular weight is 294 g/mol. The third kappa shape index (κ3) is 2.94. The fourth-order valence-corrected chi connectivity index (χ4v) is 5.57. The first-order chi connectivity index (χ1) is 9.45. The molecule has 0 bridgehead atoms. The molecule has 21 heavy (non-hydrogen) atoms. The minimum absolute atomic E-state index is 0.108. The second-order valence-electron chi connectivity index (χ2n) is 9.11. The highest BCUT2D eigenvalue weighted by atomic mass is 16.3. The van der Waals surface area contributed by atoms with E-state index in [1.54, 1.807) is 6.08 Å². The second-order valence-corrected chi connectivity index (χ2v) is 9.11. The maximum Gasteiger partial charge on any atom is 0.0801 e. The predicted molar refractivity (Wildman–Crippen MR) is 88.0 cm³/mol. The normalized spacial score (nSPS) is 45.5. The van der Waals surface area contributed by atoms with Gasteiger partial charge in [-0.1, -0.05) is 33.3 Å². The van der Waals surface area contributed by atoms with Crippen LogP contribution in [0, 0.1) is 22.7 Å². The summed E-state index contributed by atoms with van der Waals surface area (Å²) in [4.78, 5) is 0. The summed E-state index contributed by atoms with van der Waals surface area (Å²) in [5.74, 6) is 0.751. The van der Waals surface area contributed by atoms with Crippen molar-refractivity contribution in [3.05, 3.63) is 12.7 Å². The Hall–Kier alpha value is -0.340. The van der Waals surface area contributed by atoms with Gasteiger partial charge in [-0.05, 0) is 68.6 Å². The Bertz CT molecular complexity index is 408. The lowest BCUT2D eigenvalue weighted by Gasteiger charge is -2.62.